The molecule has 0 saturated carbocycles. The van der Waals surface area contributed by atoms with Crippen LogP contribution in [-0.4, -0.2) is 31.9 Å². The molecule has 1 atom stereocenters. The maximum absolute atomic E-state index is 13.6. The lowest BCUT2D eigenvalue weighted by Crippen LogP contribution is -2.40. The number of hydrogen-bond acceptors (Lipinski definition) is 7. The third kappa shape index (κ3) is 3.98. The van der Waals surface area contributed by atoms with Gasteiger partial charge >= 0.3 is 5.97 Å². The minimum Gasteiger partial charge on any atom is -0.493 e. The van der Waals surface area contributed by atoms with E-state index < -0.39 is 12.0 Å². The van der Waals surface area contributed by atoms with Gasteiger partial charge in [-0.15, -0.1) is 0 Å². The summed E-state index contributed by atoms with van der Waals surface area (Å²) >= 11 is 1.27. The SMILES string of the molecule is CCC1=C(C(=O)OC)[C@H](c2ccccc2)n2c(s/c(=C/c3cccc(OC)c3OC)c2=O)=N1. The molecule has 1 aliphatic heterocycles. The normalized spacial score (nSPS) is 15.6. The molecule has 1 aromatic heterocycles. The number of para-hydroxylation sites is 1. The Morgan fingerprint density at radius 1 is 1.09 bits per heavy atom. The van der Waals surface area contributed by atoms with E-state index in [0.29, 0.717) is 44.1 Å². The third-order valence-electron chi connectivity index (χ3n) is 5.49. The summed E-state index contributed by atoms with van der Waals surface area (Å²) in [6, 6.07) is 14.3. The van der Waals surface area contributed by atoms with Gasteiger partial charge in [-0.05, 0) is 24.1 Å². The first-order valence-electron chi connectivity index (χ1n) is 10.4. The lowest BCUT2D eigenvalue weighted by atomic mass is 9.95. The van der Waals surface area contributed by atoms with E-state index in [9.17, 15) is 9.59 Å². The van der Waals surface area contributed by atoms with Crippen molar-refractivity contribution < 1.29 is 19.0 Å². The molecule has 3 aromatic rings. The van der Waals surface area contributed by atoms with Crippen molar-refractivity contribution in [3.63, 3.8) is 0 Å². The summed E-state index contributed by atoms with van der Waals surface area (Å²) in [5.74, 6) is 0.616. The van der Waals surface area contributed by atoms with Crippen LogP contribution >= 0.6 is 11.3 Å². The first kappa shape index (κ1) is 22.5. The lowest BCUT2D eigenvalue weighted by Gasteiger charge is -2.25. The van der Waals surface area contributed by atoms with E-state index in [0.717, 1.165) is 5.56 Å². The summed E-state index contributed by atoms with van der Waals surface area (Å²) in [4.78, 5) is 31.7. The number of methoxy groups -OCH3 is 3. The molecule has 0 aliphatic carbocycles. The average Bonchev–Trinajstić information content (AvgIpc) is 3.17. The summed E-state index contributed by atoms with van der Waals surface area (Å²) in [5.41, 5.74) is 2.27. The molecular weight excluding hydrogens is 440 g/mol. The summed E-state index contributed by atoms with van der Waals surface area (Å²) in [5, 5.41) is 0. The molecule has 0 N–H and O–H groups in total. The molecule has 0 unspecified atom stereocenters. The van der Waals surface area contributed by atoms with Crippen LogP contribution in [0.15, 0.2) is 69.6 Å². The van der Waals surface area contributed by atoms with Gasteiger partial charge in [0.1, 0.15) is 0 Å². The number of ether oxygens (including phenoxy) is 3. The zero-order valence-corrected chi connectivity index (χ0v) is 19.6. The van der Waals surface area contributed by atoms with Gasteiger partial charge in [-0.1, -0.05) is 60.7 Å². The number of thiazole rings is 1. The van der Waals surface area contributed by atoms with Crippen LogP contribution in [0.1, 0.15) is 30.5 Å². The number of aromatic nitrogens is 1. The summed E-state index contributed by atoms with van der Waals surface area (Å²) in [6.07, 6.45) is 2.29. The highest BCUT2D eigenvalue weighted by Crippen LogP contribution is 2.32. The fourth-order valence-electron chi connectivity index (χ4n) is 3.98. The number of nitrogens with zero attached hydrogens (tertiary/aromatic N) is 2. The second-order valence-corrected chi connectivity index (χ2v) is 8.29. The van der Waals surface area contributed by atoms with Crippen molar-refractivity contribution in [1.29, 1.82) is 0 Å². The van der Waals surface area contributed by atoms with Crippen LogP contribution in [0.25, 0.3) is 6.08 Å². The van der Waals surface area contributed by atoms with Gasteiger partial charge in [0.15, 0.2) is 16.3 Å². The monoisotopic (exact) mass is 464 g/mol. The van der Waals surface area contributed by atoms with Gasteiger partial charge in [0.2, 0.25) is 0 Å². The van der Waals surface area contributed by atoms with Crippen molar-refractivity contribution >= 4 is 23.4 Å². The predicted molar refractivity (Wildman–Crippen MR) is 126 cm³/mol. The van der Waals surface area contributed by atoms with Crippen LogP contribution in [0, 0.1) is 0 Å². The second-order valence-electron chi connectivity index (χ2n) is 7.28. The van der Waals surface area contributed by atoms with Crippen LogP contribution in [0.5, 0.6) is 11.5 Å². The Hall–Kier alpha value is -3.65. The molecule has 8 heteroatoms. The zero-order valence-electron chi connectivity index (χ0n) is 18.8. The van der Waals surface area contributed by atoms with Crippen molar-refractivity contribution in [2.24, 2.45) is 4.99 Å². The molecule has 170 valence electrons. The van der Waals surface area contributed by atoms with Crippen molar-refractivity contribution in [1.82, 2.24) is 4.57 Å². The molecular formula is C25H24N2O5S. The lowest BCUT2D eigenvalue weighted by molar-refractivity contribution is -0.136. The minimum atomic E-state index is -0.626. The smallest absolute Gasteiger partial charge is 0.338 e. The molecule has 0 amide bonds. The highest BCUT2D eigenvalue weighted by molar-refractivity contribution is 7.07. The Kier molecular flexibility index (Phi) is 6.46. The topological polar surface area (TPSA) is 79.1 Å². The van der Waals surface area contributed by atoms with Gasteiger partial charge in [0, 0.05) is 5.56 Å². The van der Waals surface area contributed by atoms with Crippen LogP contribution in [-0.2, 0) is 9.53 Å². The Labute approximate surface area is 194 Å². The van der Waals surface area contributed by atoms with Crippen LogP contribution in [0.4, 0.5) is 0 Å². The van der Waals surface area contributed by atoms with Crippen molar-refractivity contribution in [3.05, 3.63) is 90.6 Å². The van der Waals surface area contributed by atoms with E-state index in [4.69, 9.17) is 14.2 Å². The maximum Gasteiger partial charge on any atom is 0.338 e. The van der Waals surface area contributed by atoms with Crippen molar-refractivity contribution in [3.8, 4) is 11.5 Å². The van der Waals surface area contributed by atoms with Crippen LogP contribution < -0.4 is 24.4 Å². The number of rotatable bonds is 6. The minimum absolute atomic E-state index is 0.242. The summed E-state index contributed by atoms with van der Waals surface area (Å²) < 4.78 is 18.0. The second kappa shape index (κ2) is 9.46. The molecule has 4 rings (SSSR count). The highest BCUT2D eigenvalue weighted by Gasteiger charge is 2.33. The van der Waals surface area contributed by atoms with Crippen LogP contribution in [0.2, 0.25) is 0 Å². The zero-order chi connectivity index (χ0) is 23.5. The number of carbonyl (C=O) groups excluding carboxylic acids is 1. The fraction of sp³-hybridized carbons (Fsp3) is 0.240. The Bertz CT molecular complexity index is 1400. The molecule has 0 spiro atoms. The first-order chi connectivity index (χ1) is 16.0. The number of benzene rings is 2. The molecule has 2 aromatic carbocycles. The quantitative estimate of drug-likeness (QED) is 0.524. The Balaban J connectivity index is 2.01. The maximum atomic E-state index is 13.6. The summed E-state index contributed by atoms with van der Waals surface area (Å²) in [6.45, 7) is 1.93. The standard InChI is InChI=1S/C25H24N2O5S/c1-5-17-20(24(29)32-4)21(15-10-7-6-8-11-15)27-23(28)19(33-25(27)26-17)14-16-12-9-13-18(30-2)22(16)31-3/h6-14,21H,5H2,1-4H3/b19-14+/t21-/m0/s1. The molecule has 33 heavy (non-hydrogen) atoms. The van der Waals surface area contributed by atoms with Crippen molar-refractivity contribution in [2.45, 2.75) is 19.4 Å². The number of carbonyl (C=O) groups is 1. The number of allylic oxidation sites excluding steroid dienone is 1. The predicted octanol–water partition coefficient (Wildman–Crippen LogP) is 2.82. The van der Waals surface area contributed by atoms with E-state index in [-0.39, 0.29) is 5.56 Å². The van der Waals surface area contributed by atoms with Crippen LogP contribution in [0.3, 0.4) is 0 Å². The number of fused-ring (bicyclic) bond motifs is 1. The van der Waals surface area contributed by atoms with Gasteiger partial charge < -0.3 is 14.2 Å². The fourth-order valence-corrected chi connectivity index (χ4v) is 4.99. The molecule has 0 saturated heterocycles. The average molecular weight is 465 g/mol. The summed E-state index contributed by atoms with van der Waals surface area (Å²) in [7, 11) is 4.46. The van der Waals surface area contributed by atoms with Gasteiger partial charge in [0.25, 0.3) is 5.56 Å². The largest absolute Gasteiger partial charge is 0.493 e. The number of hydrogen-bond donors (Lipinski definition) is 0. The molecule has 0 radical (unpaired) electrons. The third-order valence-corrected chi connectivity index (χ3v) is 6.47. The Morgan fingerprint density at radius 2 is 1.85 bits per heavy atom. The Morgan fingerprint density at radius 3 is 2.48 bits per heavy atom. The van der Waals surface area contributed by atoms with Gasteiger partial charge in [-0.25, -0.2) is 9.79 Å². The van der Waals surface area contributed by atoms with E-state index >= 15 is 0 Å². The van der Waals surface area contributed by atoms with E-state index in [1.54, 1.807) is 30.9 Å². The molecule has 2 heterocycles. The first-order valence-corrected chi connectivity index (χ1v) is 11.2. The van der Waals surface area contributed by atoms with Gasteiger partial charge in [-0.2, -0.15) is 0 Å². The van der Waals surface area contributed by atoms with E-state index in [1.165, 1.54) is 18.4 Å². The van der Waals surface area contributed by atoms with E-state index in [2.05, 4.69) is 4.99 Å². The van der Waals surface area contributed by atoms with Gasteiger partial charge in [-0.3, -0.25) is 9.36 Å². The molecule has 1 aliphatic rings. The molecule has 7 nitrogen and oxygen atoms in total. The highest BCUT2D eigenvalue weighted by atomic mass is 32.1. The molecule has 0 bridgehead atoms. The molecule has 0 fully saturated rings. The van der Waals surface area contributed by atoms with E-state index in [1.807, 2.05) is 49.4 Å². The van der Waals surface area contributed by atoms with Gasteiger partial charge in [0.05, 0.1) is 43.2 Å². The van der Waals surface area contributed by atoms with Crippen molar-refractivity contribution in [2.75, 3.05) is 21.3 Å². The number of esters is 1.